The molecule has 0 unspecified atom stereocenters. The topological polar surface area (TPSA) is 80.3 Å². The summed E-state index contributed by atoms with van der Waals surface area (Å²) in [4.78, 5) is 22.9. The van der Waals surface area contributed by atoms with Gasteiger partial charge in [-0.3, -0.25) is 0 Å². The maximum Gasteiger partial charge on any atom is 0.331 e. The van der Waals surface area contributed by atoms with Gasteiger partial charge in [0.2, 0.25) is 0 Å². The first-order valence-corrected chi connectivity index (χ1v) is 18.5. The molecule has 0 aliphatic rings. The fraction of sp³-hybridized carbons (Fsp3) is 0.765. The smallest absolute Gasteiger partial charge is 0.331 e. The number of carbonyl (C=O) groups excluding carboxylic acids is 2. The van der Waals surface area contributed by atoms with Crippen LogP contribution in [-0.4, -0.2) is 64.1 Å². The van der Waals surface area contributed by atoms with Crippen molar-refractivity contribution in [2.24, 2.45) is 0 Å². The van der Waals surface area contributed by atoms with Gasteiger partial charge in [-0.15, -0.1) is 0 Å². The second-order valence-electron chi connectivity index (χ2n) is 8.24. The first-order valence-electron chi connectivity index (χ1n) is 9.17. The molecule has 0 aliphatic carbocycles. The molecular weight excluding hydrogens is 400 g/mol. The molecule has 0 radical (unpaired) electrons. The van der Waals surface area contributed by atoms with E-state index < -0.39 is 37.1 Å². The normalized spacial score (nSPS) is 13.0. The van der Waals surface area contributed by atoms with E-state index in [-0.39, 0.29) is 6.61 Å². The second-order valence-corrected chi connectivity index (χ2v) is 20.9. The Labute approximate surface area is 166 Å². The lowest BCUT2D eigenvalue weighted by Crippen LogP contribution is -2.51. The zero-order chi connectivity index (χ0) is 21.1. The summed E-state index contributed by atoms with van der Waals surface area (Å²) in [7, 11) is -4.18. The van der Waals surface area contributed by atoms with Crippen LogP contribution in [0.3, 0.4) is 0 Å². The average Bonchev–Trinajstić information content (AvgIpc) is 2.46. The van der Waals surface area contributed by atoms with Gasteiger partial charge in [-0.1, -0.05) is 0 Å². The van der Waals surface area contributed by atoms with Crippen molar-refractivity contribution in [2.45, 2.75) is 58.3 Å². The van der Waals surface area contributed by atoms with Crippen LogP contribution in [0, 0.1) is 0 Å². The van der Waals surface area contributed by atoms with E-state index in [9.17, 15) is 9.59 Å². The monoisotopic (exact) mass is 436 g/mol. The summed E-state index contributed by atoms with van der Waals surface area (Å²) >= 11 is 0. The third-order valence-electron chi connectivity index (χ3n) is 3.13. The van der Waals surface area contributed by atoms with Crippen molar-refractivity contribution >= 4 is 37.1 Å². The quantitative estimate of drug-likeness (QED) is 0.189. The third-order valence-corrected chi connectivity index (χ3v) is 13.3. The summed E-state index contributed by atoms with van der Waals surface area (Å²) < 4.78 is 27.3. The van der Waals surface area contributed by atoms with E-state index in [1.54, 1.807) is 0 Å². The Morgan fingerprint density at radius 1 is 0.778 bits per heavy atom. The highest BCUT2D eigenvalue weighted by atomic mass is 28.5. The van der Waals surface area contributed by atoms with Gasteiger partial charge in [0.15, 0.2) is 16.6 Å². The molecule has 7 nitrogen and oxygen atoms in total. The predicted molar refractivity (Wildman–Crippen MR) is 113 cm³/mol. The zero-order valence-electron chi connectivity index (χ0n) is 18.0. The molecule has 158 valence electrons. The van der Waals surface area contributed by atoms with Crippen LogP contribution in [0.25, 0.3) is 0 Å². The molecule has 0 saturated heterocycles. The number of ether oxygens (including phenoxy) is 3. The summed E-state index contributed by atoms with van der Waals surface area (Å²) in [6.07, 6.45) is 2.85. The van der Waals surface area contributed by atoms with Crippen LogP contribution in [0.15, 0.2) is 12.2 Å². The van der Waals surface area contributed by atoms with Crippen LogP contribution in [-0.2, 0) is 32.0 Å². The first kappa shape index (κ1) is 26.2. The average molecular weight is 437 g/mol. The lowest BCUT2D eigenvalue weighted by Gasteiger charge is -2.37. The summed E-state index contributed by atoms with van der Waals surface area (Å²) in [5, 5.41) is 0. The molecule has 0 aromatic carbocycles. The Bertz CT molecular complexity index is 499. The van der Waals surface area contributed by atoms with Gasteiger partial charge in [0.25, 0.3) is 0 Å². The Morgan fingerprint density at radius 3 is 1.78 bits per heavy atom. The van der Waals surface area contributed by atoms with Gasteiger partial charge in [-0.05, 0) is 58.3 Å². The number of esters is 2. The number of hydrogen-bond acceptors (Lipinski definition) is 7. The van der Waals surface area contributed by atoms with Crippen LogP contribution < -0.4 is 0 Å². The summed E-state index contributed by atoms with van der Waals surface area (Å²) in [6, 6.07) is 0.870. The molecule has 10 heteroatoms. The molecule has 0 saturated carbocycles. The van der Waals surface area contributed by atoms with Crippen molar-refractivity contribution in [3.05, 3.63) is 12.2 Å². The molecule has 0 aromatic heterocycles. The zero-order valence-corrected chi connectivity index (χ0v) is 21.0. The van der Waals surface area contributed by atoms with Crippen LogP contribution >= 0.6 is 0 Å². The van der Waals surface area contributed by atoms with Crippen molar-refractivity contribution in [3.8, 4) is 0 Å². The van der Waals surface area contributed by atoms with Crippen molar-refractivity contribution in [1.82, 2.24) is 0 Å². The van der Waals surface area contributed by atoms with Gasteiger partial charge in [-0.25, -0.2) is 9.59 Å². The van der Waals surface area contributed by atoms with E-state index in [1.165, 1.54) is 7.11 Å². The minimum Gasteiger partial charge on any atom is -0.463 e. The molecule has 0 heterocycles. The van der Waals surface area contributed by atoms with Crippen LogP contribution in [0.4, 0.5) is 0 Å². The van der Waals surface area contributed by atoms with Gasteiger partial charge in [0, 0.05) is 19.3 Å². The maximum atomic E-state index is 11.6. The predicted octanol–water partition coefficient (Wildman–Crippen LogP) is 3.44. The van der Waals surface area contributed by atoms with Crippen molar-refractivity contribution < 1.29 is 32.0 Å². The van der Waals surface area contributed by atoms with Gasteiger partial charge in [0.05, 0.1) is 13.2 Å². The Kier molecular flexibility index (Phi) is 11.6. The summed E-state index contributed by atoms with van der Waals surface area (Å²) in [5.74, 6) is -1.16. The highest BCUT2D eigenvalue weighted by molar-refractivity contribution is 6.87. The highest BCUT2D eigenvalue weighted by Gasteiger charge is 2.37. The lowest BCUT2D eigenvalue weighted by atomic mass is 10.5. The fourth-order valence-electron chi connectivity index (χ4n) is 2.60. The number of rotatable bonds is 13. The van der Waals surface area contributed by atoms with Crippen LogP contribution in [0.2, 0.25) is 51.9 Å². The SMILES string of the molecule is COCCOC(=O)/C=C/C(=O)OCCC[Si](C)(C)O[Si](C)(C)O[Si](C)(C)C. The molecule has 0 fully saturated rings. The first-order chi connectivity index (χ1) is 12.3. The standard InChI is InChI=1S/C17H36O7Si3/c1-20-13-14-22-17(19)11-10-16(18)21-12-9-15-26(5,6)24-27(7,8)23-25(2,3)4/h10-11H,9,12-15H2,1-8H3/b11-10+. The second kappa shape index (κ2) is 11.9. The lowest BCUT2D eigenvalue weighted by molar-refractivity contribution is -0.141. The van der Waals surface area contributed by atoms with Gasteiger partial charge < -0.3 is 22.4 Å². The Balaban J connectivity index is 4.17. The molecule has 0 atom stereocenters. The summed E-state index contributed by atoms with van der Waals surface area (Å²) in [6.45, 7) is 15.8. The van der Waals surface area contributed by atoms with Crippen molar-refractivity contribution in [2.75, 3.05) is 26.9 Å². The molecule has 27 heavy (non-hydrogen) atoms. The number of methoxy groups -OCH3 is 1. The van der Waals surface area contributed by atoms with Gasteiger partial charge >= 0.3 is 20.5 Å². The molecule has 0 rings (SSSR count). The van der Waals surface area contributed by atoms with Crippen molar-refractivity contribution in [1.29, 1.82) is 0 Å². The number of carbonyl (C=O) groups is 2. The molecule has 0 amide bonds. The molecule has 0 spiro atoms. The van der Waals surface area contributed by atoms with Crippen molar-refractivity contribution in [3.63, 3.8) is 0 Å². The summed E-state index contributed by atoms with van der Waals surface area (Å²) in [5.41, 5.74) is 0. The van der Waals surface area contributed by atoms with Crippen LogP contribution in [0.1, 0.15) is 6.42 Å². The molecule has 0 bridgehead atoms. The minimum atomic E-state index is -2.15. The van der Waals surface area contributed by atoms with Gasteiger partial charge in [-0.2, -0.15) is 0 Å². The van der Waals surface area contributed by atoms with Crippen LogP contribution in [0.5, 0.6) is 0 Å². The van der Waals surface area contributed by atoms with E-state index in [0.717, 1.165) is 18.2 Å². The molecule has 0 aromatic rings. The molecule has 0 N–H and O–H groups in total. The Hall–Kier alpha value is -0.789. The van der Waals surface area contributed by atoms with Gasteiger partial charge in [0.1, 0.15) is 6.61 Å². The largest absolute Gasteiger partial charge is 0.463 e. The Morgan fingerprint density at radius 2 is 1.30 bits per heavy atom. The molecular formula is C17H36O7Si3. The fourth-order valence-corrected chi connectivity index (χ4v) is 15.8. The van der Waals surface area contributed by atoms with E-state index in [4.69, 9.17) is 22.4 Å². The molecule has 0 aliphatic heterocycles. The highest BCUT2D eigenvalue weighted by Crippen LogP contribution is 2.23. The van der Waals surface area contributed by atoms with E-state index >= 15 is 0 Å². The van der Waals surface area contributed by atoms with E-state index in [0.29, 0.717) is 19.6 Å². The van der Waals surface area contributed by atoms with E-state index in [1.807, 2.05) is 0 Å². The maximum absolute atomic E-state index is 11.6. The minimum absolute atomic E-state index is 0.148. The third kappa shape index (κ3) is 15.9. The number of hydrogen-bond donors (Lipinski definition) is 0. The van der Waals surface area contributed by atoms with E-state index in [2.05, 4.69) is 45.8 Å².